The maximum atomic E-state index is 12.6. The molecule has 0 aliphatic heterocycles. The van der Waals surface area contributed by atoms with Crippen molar-refractivity contribution in [2.24, 2.45) is 0 Å². The number of carbonyl (C=O) groups excluding carboxylic acids is 2. The minimum Gasteiger partial charge on any atom is -0.459 e. The molecule has 1 amide bonds. The molecule has 2 heterocycles. The molecule has 0 atom stereocenters. The summed E-state index contributed by atoms with van der Waals surface area (Å²) in [6.45, 7) is 6.10. The van der Waals surface area contributed by atoms with E-state index in [-0.39, 0.29) is 18.0 Å². The maximum Gasteiger partial charge on any atom is 0.341 e. The highest BCUT2D eigenvalue weighted by molar-refractivity contribution is 7.17. The van der Waals surface area contributed by atoms with Crippen molar-refractivity contribution < 1.29 is 14.3 Å². The second kappa shape index (κ2) is 8.03. The molecule has 140 valence electrons. The third kappa shape index (κ3) is 4.33. The second-order valence-electron chi connectivity index (χ2n) is 6.89. The molecule has 2 aromatic rings. The summed E-state index contributed by atoms with van der Waals surface area (Å²) in [5, 5.41) is 7.85. The first-order valence-electron chi connectivity index (χ1n) is 9.09. The van der Waals surface area contributed by atoms with E-state index in [9.17, 15) is 9.59 Å². The molecule has 6 nitrogen and oxygen atoms in total. The van der Waals surface area contributed by atoms with E-state index in [2.05, 4.69) is 10.4 Å². The predicted molar refractivity (Wildman–Crippen MR) is 102 cm³/mol. The Bertz CT molecular complexity index is 807. The van der Waals surface area contributed by atoms with Gasteiger partial charge in [-0.2, -0.15) is 5.10 Å². The number of amides is 1. The summed E-state index contributed by atoms with van der Waals surface area (Å²) in [6.07, 6.45) is 6.01. The van der Waals surface area contributed by atoms with Gasteiger partial charge < -0.3 is 10.1 Å². The number of nitrogens with one attached hydrogen (secondary N) is 1. The molecule has 0 fully saturated rings. The minimum absolute atomic E-state index is 0.115. The number of aromatic nitrogens is 2. The van der Waals surface area contributed by atoms with Gasteiger partial charge in [0.1, 0.15) is 5.00 Å². The first-order chi connectivity index (χ1) is 12.4. The van der Waals surface area contributed by atoms with Crippen LogP contribution in [0.1, 0.15) is 59.6 Å². The lowest BCUT2D eigenvalue weighted by Gasteiger charge is -2.14. The molecule has 0 bridgehead atoms. The van der Waals surface area contributed by atoms with Crippen molar-refractivity contribution >= 4 is 28.2 Å². The zero-order chi connectivity index (χ0) is 18.7. The first-order valence-corrected chi connectivity index (χ1v) is 9.91. The molecule has 0 unspecified atom stereocenters. The zero-order valence-corrected chi connectivity index (χ0v) is 16.3. The van der Waals surface area contributed by atoms with Crippen LogP contribution in [0.2, 0.25) is 0 Å². The van der Waals surface area contributed by atoms with Crippen LogP contribution in [0.25, 0.3) is 0 Å². The van der Waals surface area contributed by atoms with Crippen molar-refractivity contribution in [2.75, 3.05) is 5.32 Å². The average molecular weight is 375 g/mol. The van der Waals surface area contributed by atoms with Crippen molar-refractivity contribution in [2.45, 2.75) is 65.5 Å². The predicted octanol–water partition coefficient (Wildman–Crippen LogP) is 3.73. The van der Waals surface area contributed by atoms with E-state index in [1.807, 2.05) is 33.0 Å². The van der Waals surface area contributed by atoms with E-state index in [0.29, 0.717) is 23.5 Å². The third-order valence-electron chi connectivity index (χ3n) is 4.31. The quantitative estimate of drug-likeness (QED) is 0.781. The Morgan fingerprint density at radius 1 is 1.35 bits per heavy atom. The Hall–Kier alpha value is -2.15. The van der Waals surface area contributed by atoms with E-state index < -0.39 is 0 Å². The van der Waals surface area contributed by atoms with Crippen molar-refractivity contribution in [3.63, 3.8) is 0 Å². The molecule has 3 rings (SSSR count). The maximum absolute atomic E-state index is 12.6. The van der Waals surface area contributed by atoms with E-state index in [0.717, 1.165) is 36.9 Å². The van der Waals surface area contributed by atoms with Gasteiger partial charge >= 0.3 is 5.97 Å². The van der Waals surface area contributed by atoms with Crippen LogP contribution in [0.3, 0.4) is 0 Å². The molecule has 2 aromatic heterocycles. The number of thiophene rings is 1. The number of nitrogens with zero attached hydrogens (tertiary/aromatic N) is 2. The number of carbonyl (C=O) groups is 2. The van der Waals surface area contributed by atoms with E-state index >= 15 is 0 Å². The minimum atomic E-state index is -0.336. The summed E-state index contributed by atoms with van der Waals surface area (Å²) in [5.74, 6) is -0.451. The molecule has 1 aliphatic rings. The molecule has 1 N–H and O–H groups in total. The Morgan fingerprint density at radius 2 is 2.12 bits per heavy atom. The topological polar surface area (TPSA) is 73.2 Å². The van der Waals surface area contributed by atoms with E-state index in [1.165, 1.54) is 16.2 Å². The summed E-state index contributed by atoms with van der Waals surface area (Å²) >= 11 is 1.52. The third-order valence-corrected chi connectivity index (χ3v) is 5.52. The zero-order valence-electron chi connectivity index (χ0n) is 15.5. The van der Waals surface area contributed by atoms with Crippen LogP contribution in [-0.2, 0) is 28.9 Å². The van der Waals surface area contributed by atoms with Crippen LogP contribution in [0.15, 0.2) is 12.3 Å². The lowest BCUT2D eigenvalue weighted by atomic mass is 9.95. The number of fused-ring (bicyclic) bond motifs is 1. The molecule has 0 radical (unpaired) electrons. The van der Waals surface area contributed by atoms with Gasteiger partial charge in [-0.3, -0.25) is 9.48 Å². The number of hydrogen-bond acceptors (Lipinski definition) is 5. The van der Waals surface area contributed by atoms with Gasteiger partial charge in [-0.25, -0.2) is 4.79 Å². The summed E-state index contributed by atoms with van der Waals surface area (Å²) in [5.41, 5.74) is 2.54. The average Bonchev–Trinajstić information content (AvgIpc) is 3.15. The van der Waals surface area contributed by atoms with Gasteiger partial charge in [0.2, 0.25) is 5.91 Å². The number of aryl methyl sites for hydroxylation is 3. The SMILES string of the molecule is Cc1ccn(CCC(=O)Nc2sc3c(c2C(=O)OC(C)C)CCCC3)n1. The number of hydrogen-bond donors (Lipinski definition) is 1. The molecular formula is C19H25N3O3S. The fraction of sp³-hybridized carbons (Fsp3) is 0.526. The molecule has 0 spiro atoms. The molecule has 7 heteroatoms. The van der Waals surface area contributed by atoms with Crippen LogP contribution >= 0.6 is 11.3 Å². The normalized spacial score (nSPS) is 13.5. The van der Waals surface area contributed by atoms with Gasteiger partial charge in [-0.1, -0.05) is 0 Å². The fourth-order valence-corrected chi connectivity index (χ4v) is 4.43. The van der Waals surface area contributed by atoms with Crippen LogP contribution < -0.4 is 5.32 Å². The highest BCUT2D eigenvalue weighted by Crippen LogP contribution is 2.38. The Kier molecular flexibility index (Phi) is 5.76. The van der Waals surface area contributed by atoms with Gasteiger partial charge in [0.25, 0.3) is 0 Å². The van der Waals surface area contributed by atoms with Crippen molar-refractivity contribution in [1.82, 2.24) is 9.78 Å². The van der Waals surface area contributed by atoms with Gasteiger partial charge in [-0.05, 0) is 58.1 Å². The van der Waals surface area contributed by atoms with Crippen LogP contribution in [0, 0.1) is 6.92 Å². The Labute approximate surface area is 157 Å². The van der Waals surface area contributed by atoms with Crippen LogP contribution in [0.4, 0.5) is 5.00 Å². The Balaban J connectivity index is 1.74. The van der Waals surface area contributed by atoms with Crippen LogP contribution in [0.5, 0.6) is 0 Å². The fourth-order valence-electron chi connectivity index (χ4n) is 3.14. The first kappa shape index (κ1) is 18.6. The monoisotopic (exact) mass is 375 g/mol. The Morgan fingerprint density at radius 3 is 2.81 bits per heavy atom. The largest absolute Gasteiger partial charge is 0.459 e. The lowest BCUT2D eigenvalue weighted by molar-refractivity contribution is -0.116. The van der Waals surface area contributed by atoms with E-state index in [1.54, 1.807) is 4.68 Å². The van der Waals surface area contributed by atoms with Gasteiger partial charge in [0.05, 0.1) is 17.4 Å². The number of ether oxygens (including phenoxy) is 1. The number of esters is 1. The lowest BCUT2D eigenvalue weighted by Crippen LogP contribution is -2.18. The van der Waals surface area contributed by atoms with Crippen molar-refractivity contribution in [3.05, 3.63) is 34.0 Å². The molecule has 1 aliphatic carbocycles. The smallest absolute Gasteiger partial charge is 0.341 e. The van der Waals surface area contributed by atoms with Crippen molar-refractivity contribution in [3.8, 4) is 0 Å². The highest BCUT2D eigenvalue weighted by atomic mass is 32.1. The number of rotatable bonds is 6. The molecular weight excluding hydrogens is 350 g/mol. The summed E-state index contributed by atoms with van der Waals surface area (Å²) in [6, 6.07) is 1.91. The molecule has 0 saturated carbocycles. The standard InChI is InChI=1S/C19H25N3O3S/c1-12(2)25-19(24)17-14-6-4-5-7-15(14)26-18(17)20-16(23)9-11-22-10-8-13(3)21-22/h8,10,12H,4-7,9,11H2,1-3H3,(H,20,23). The second-order valence-corrected chi connectivity index (χ2v) is 7.99. The van der Waals surface area contributed by atoms with Gasteiger partial charge in [0, 0.05) is 24.0 Å². The number of anilines is 1. The van der Waals surface area contributed by atoms with Crippen molar-refractivity contribution in [1.29, 1.82) is 0 Å². The highest BCUT2D eigenvalue weighted by Gasteiger charge is 2.27. The molecule has 26 heavy (non-hydrogen) atoms. The molecule has 0 aromatic carbocycles. The van der Waals surface area contributed by atoms with E-state index in [4.69, 9.17) is 4.74 Å². The van der Waals surface area contributed by atoms with Crippen LogP contribution in [-0.4, -0.2) is 27.8 Å². The van der Waals surface area contributed by atoms with Gasteiger partial charge in [-0.15, -0.1) is 11.3 Å². The van der Waals surface area contributed by atoms with Gasteiger partial charge in [0.15, 0.2) is 0 Å². The summed E-state index contributed by atoms with van der Waals surface area (Å²) in [7, 11) is 0. The summed E-state index contributed by atoms with van der Waals surface area (Å²) in [4.78, 5) is 26.2. The summed E-state index contributed by atoms with van der Waals surface area (Å²) < 4.78 is 7.17. The molecule has 0 saturated heterocycles.